The van der Waals surface area contributed by atoms with Crippen LogP contribution in [-0.4, -0.2) is 42.4 Å². The lowest BCUT2D eigenvalue weighted by Crippen LogP contribution is -2.50. The molecule has 45 heavy (non-hydrogen) atoms. The fraction of sp³-hybridized carbons (Fsp3) is 0.242. The average Bonchev–Trinajstić information content (AvgIpc) is 3.02. The van der Waals surface area contributed by atoms with E-state index in [2.05, 4.69) is 15.6 Å². The maximum Gasteiger partial charge on any atom is 0.351 e. The first-order chi connectivity index (χ1) is 21.6. The highest BCUT2D eigenvalue weighted by molar-refractivity contribution is 6.00. The van der Waals surface area contributed by atoms with Gasteiger partial charge < -0.3 is 37.0 Å². The number of guanidine groups is 1. The van der Waals surface area contributed by atoms with Gasteiger partial charge in [-0.05, 0) is 55.0 Å². The van der Waals surface area contributed by atoms with E-state index in [0.29, 0.717) is 29.5 Å². The third-order valence-corrected chi connectivity index (χ3v) is 7.07. The van der Waals surface area contributed by atoms with Crippen LogP contribution >= 0.6 is 0 Å². The number of hydrogen-bond acceptors (Lipinski definition) is 8. The lowest BCUT2D eigenvalue weighted by atomic mass is 10.0. The number of hydrogen-bond donors (Lipinski definition) is 5. The topological polar surface area (TPSA) is 205 Å². The Bertz CT molecular complexity index is 1740. The molecule has 0 spiro atoms. The van der Waals surface area contributed by atoms with E-state index < -0.39 is 35.5 Å². The van der Waals surface area contributed by atoms with Crippen LogP contribution in [0.3, 0.4) is 0 Å². The van der Waals surface area contributed by atoms with Crippen LogP contribution in [0.2, 0.25) is 0 Å². The van der Waals surface area contributed by atoms with Gasteiger partial charge in [0.1, 0.15) is 23.8 Å². The third-order valence-electron chi connectivity index (χ3n) is 7.07. The number of nitrogens with two attached hydrogens (primary N) is 3. The minimum absolute atomic E-state index is 0.00236. The Labute approximate surface area is 259 Å². The molecule has 12 nitrogen and oxygen atoms in total. The van der Waals surface area contributed by atoms with Gasteiger partial charge in [0.05, 0.1) is 6.04 Å². The molecule has 4 rings (SSSR count). The average molecular weight is 613 g/mol. The van der Waals surface area contributed by atoms with E-state index >= 15 is 0 Å². The highest BCUT2D eigenvalue weighted by Gasteiger charge is 2.25. The van der Waals surface area contributed by atoms with Gasteiger partial charge >= 0.3 is 11.6 Å². The summed E-state index contributed by atoms with van der Waals surface area (Å²) in [5.41, 5.74) is 18.4. The van der Waals surface area contributed by atoms with Gasteiger partial charge in [-0.25, -0.2) is 9.59 Å². The number of amides is 2. The van der Waals surface area contributed by atoms with Crippen LogP contribution in [0.5, 0.6) is 0 Å². The van der Waals surface area contributed by atoms with Crippen LogP contribution in [0.4, 0.5) is 5.69 Å². The van der Waals surface area contributed by atoms with Crippen LogP contribution in [0.25, 0.3) is 11.0 Å². The molecule has 4 aromatic rings. The van der Waals surface area contributed by atoms with Gasteiger partial charge in [0.2, 0.25) is 11.8 Å². The highest BCUT2D eigenvalue weighted by atomic mass is 16.5. The van der Waals surface area contributed by atoms with Crippen molar-refractivity contribution in [3.05, 3.63) is 112 Å². The van der Waals surface area contributed by atoms with Crippen LogP contribution in [0, 0.1) is 6.92 Å². The van der Waals surface area contributed by atoms with Gasteiger partial charge in [-0.3, -0.25) is 14.6 Å². The number of nitrogens with one attached hydrogen (secondary N) is 2. The lowest BCUT2D eigenvalue weighted by molar-refractivity contribution is -0.127. The standard InChI is InChI=1S/C33H36N6O6/c1-20-24-15-14-23(18-27(24)45-32(43)28(20)31(42)44-19-22-11-6-3-7-12-22)38-30(41)26(13-8-16-37-33(35)36)39-29(40)25(34)17-21-9-4-2-5-10-21/h2-7,9-12,14-15,18,25-26H,8,13,16-17,19,34H2,1H3,(H,38,41)(H,39,40)(H4,35,36,37)/t25-,26-/m0/s1. The summed E-state index contributed by atoms with van der Waals surface area (Å²) in [5, 5.41) is 5.99. The van der Waals surface area contributed by atoms with Crippen LogP contribution in [-0.2, 0) is 27.4 Å². The van der Waals surface area contributed by atoms with E-state index in [-0.39, 0.29) is 36.7 Å². The quantitative estimate of drug-likeness (QED) is 0.0494. The molecular weight excluding hydrogens is 576 g/mol. The molecule has 2 atom stereocenters. The van der Waals surface area contributed by atoms with Crippen molar-refractivity contribution in [3.8, 4) is 0 Å². The molecule has 0 unspecified atom stereocenters. The second kappa shape index (κ2) is 15.3. The molecule has 0 radical (unpaired) electrons. The molecule has 1 aromatic heterocycles. The molecule has 8 N–H and O–H groups in total. The van der Waals surface area contributed by atoms with Crippen molar-refractivity contribution in [2.24, 2.45) is 22.2 Å². The molecule has 1 heterocycles. The summed E-state index contributed by atoms with van der Waals surface area (Å²) in [7, 11) is 0. The molecule has 234 valence electrons. The first-order valence-electron chi connectivity index (χ1n) is 14.4. The molecule has 0 aliphatic heterocycles. The summed E-state index contributed by atoms with van der Waals surface area (Å²) >= 11 is 0. The molecule has 0 bridgehead atoms. The SMILES string of the molecule is Cc1c(C(=O)OCc2ccccc2)c(=O)oc2cc(NC(=O)[C@H](CCCN=C(N)N)NC(=O)[C@@H](N)Cc3ccccc3)ccc12. The number of aliphatic imine (C=N–C) groups is 1. The Hall–Kier alpha value is -5.49. The van der Waals surface area contributed by atoms with E-state index in [0.717, 1.165) is 11.1 Å². The van der Waals surface area contributed by atoms with Crippen LogP contribution in [0.15, 0.2) is 93.1 Å². The Morgan fingerprint density at radius 2 is 1.60 bits per heavy atom. The number of ether oxygens (including phenoxy) is 1. The van der Waals surface area contributed by atoms with Crippen molar-refractivity contribution in [1.82, 2.24) is 5.32 Å². The van der Waals surface area contributed by atoms with Crippen molar-refractivity contribution < 1.29 is 23.5 Å². The van der Waals surface area contributed by atoms with Gasteiger partial charge in [-0.2, -0.15) is 0 Å². The predicted octanol–water partition coefficient (Wildman–Crippen LogP) is 2.51. The molecule has 2 amide bonds. The maximum atomic E-state index is 13.4. The van der Waals surface area contributed by atoms with Gasteiger partial charge in [0, 0.05) is 23.7 Å². The second-order valence-electron chi connectivity index (χ2n) is 10.5. The monoisotopic (exact) mass is 612 g/mol. The summed E-state index contributed by atoms with van der Waals surface area (Å²) in [6.45, 7) is 1.88. The molecule has 0 saturated carbocycles. The third kappa shape index (κ3) is 9.00. The Morgan fingerprint density at radius 3 is 2.27 bits per heavy atom. The minimum Gasteiger partial charge on any atom is -0.457 e. The number of carbonyl (C=O) groups excluding carboxylic acids is 3. The number of aryl methyl sites for hydroxylation is 1. The number of esters is 1. The maximum absolute atomic E-state index is 13.4. The fourth-order valence-corrected chi connectivity index (χ4v) is 4.71. The first-order valence-corrected chi connectivity index (χ1v) is 14.4. The molecular formula is C33H36N6O6. The number of fused-ring (bicyclic) bond motifs is 1. The van der Waals surface area contributed by atoms with Crippen LogP contribution in [0.1, 0.15) is 39.9 Å². The normalized spacial score (nSPS) is 12.1. The first kappa shape index (κ1) is 32.4. The largest absolute Gasteiger partial charge is 0.457 e. The molecule has 3 aromatic carbocycles. The Morgan fingerprint density at radius 1 is 0.933 bits per heavy atom. The summed E-state index contributed by atoms with van der Waals surface area (Å²) in [5.74, 6) is -1.88. The lowest BCUT2D eigenvalue weighted by Gasteiger charge is -2.21. The zero-order valence-electron chi connectivity index (χ0n) is 24.8. The number of anilines is 1. The van der Waals surface area contributed by atoms with Gasteiger partial charge in [-0.1, -0.05) is 60.7 Å². The van der Waals surface area contributed by atoms with Gasteiger partial charge in [0.15, 0.2) is 5.96 Å². The smallest absolute Gasteiger partial charge is 0.351 e. The number of rotatable bonds is 13. The fourth-order valence-electron chi connectivity index (χ4n) is 4.71. The molecule has 0 saturated heterocycles. The minimum atomic E-state index is -0.959. The zero-order valence-corrected chi connectivity index (χ0v) is 24.8. The Balaban J connectivity index is 1.48. The van der Waals surface area contributed by atoms with Crippen molar-refractivity contribution in [1.29, 1.82) is 0 Å². The number of nitrogens with zero attached hydrogens (tertiary/aromatic N) is 1. The van der Waals surface area contributed by atoms with E-state index in [1.807, 2.05) is 48.5 Å². The number of carbonyl (C=O) groups is 3. The summed E-state index contributed by atoms with van der Waals surface area (Å²) in [6.07, 6.45) is 0.918. The van der Waals surface area contributed by atoms with Crippen molar-refractivity contribution >= 4 is 40.4 Å². The van der Waals surface area contributed by atoms with Crippen molar-refractivity contribution in [3.63, 3.8) is 0 Å². The molecule has 0 fully saturated rings. The van der Waals surface area contributed by atoms with Crippen molar-refractivity contribution in [2.75, 3.05) is 11.9 Å². The van der Waals surface area contributed by atoms with Crippen molar-refractivity contribution in [2.45, 2.75) is 44.9 Å². The summed E-state index contributed by atoms with van der Waals surface area (Å²) in [6, 6.07) is 21.2. The van der Waals surface area contributed by atoms with E-state index in [4.69, 9.17) is 26.4 Å². The van der Waals surface area contributed by atoms with Gasteiger partial charge in [-0.15, -0.1) is 0 Å². The van der Waals surface area contributed by atoms with Gasteiger partial charge in [0.25, 0.3) is 0 Å². The zero-order chi connectivity index (χ0) is 32.3. The highest BCUT2D eigenvalue weighted by Crippen LogP contribution is 2.24. The summed E-state index contributed by atoms with van der Waals surface area (Å²) in [4.78, 5) is 55.8. The molecule has 12 heteroatoms. The van der Waals surface area contributed by atoms with Crippen LogP contribution < -0.4 is 33.5 Å². The van der Waals surface area contributed by atoms with E-state index in [9.17, 15) is 19.2 Å². The molecule has 0 aliphatic carbocycles. The second-order valence-corrected chi connectivity index (χ2v) is 10.5. The molecule has 0 aliphatic rings. The van der Waals surface area contributed by atoms with E-state index in [1.54, 1.807) is 31.2 Å². The van der Waals surface area contributed by atoms with E-state index in [1.165, 1.54) is 6.07 Å². The summed E-state index contributed by atoms with van der Waals surface area (Å²) < 4.78 is 10.8. The number of benzene rings is 3. The Kier molecular flexibility index (Phi) is 11.0. The predicted molar refractivity (Wildman–Crippen MR) is 171 cm³/mol.